The Labute approximate surface area is 113 Å². The van der Waals surface area contributed by atoms with Crippen molar-refractivity contribution in [3.8, 4) is 0 Å². The van der Waals surface area contributed by atoms with E-state index >= 15 is 0 Å². The maximum Gasteiger partial charge on any atom is 0.147 e. The summed E-state index contributed by atoms with van der Waals surface area (Å²) in [6.45, 7) is 3.62. The van der Waals surface area contributed by atoms with Gasteiger partial charge in [0.15, 0.2) is 0 Å². The lowest BCUT2D eigenvalue weighted by Crippen LogP contribution is -2.14. The molecule has 0 saturated carbocycles. The summed E-state index contributed by atoms with van der Waals surface area (Å²) in [6.07, 6.45) is 0. The Morgan fingerprint density at radius 3 is 2.47 bits per heavy atom. The number of hydrogen-bond acceptors (Lipinski definition) is 2. The molecule has 3 heteroatoms. The van der Waals surface area contributed by atoms with Crippen LogP contribution in [0.15, 0.2) is 48.5 Å². The summed E-state index contributed by atoms with van der Waals surface area (Å²) in [6, 6.07) is 15.2. The van der Waals surface area contributed by atoms with Gasteiger partial charge in [-0.05, 0) is 36.4 Å². The van der Waals surface area contributed by atoms with Gasteiger partial charge in [-0.2, -0.15) is 0 Å². The smallest absolute Gasteiger partial charge is 0.147 e. The second-order valence-corrected chi connectivity index (χ2v) is 4.46. The molecule has 0 aliphatic rings. The number of para-hydroxylation sites is 1. The zero-order chi connectivity index (χ0) is 13.7. The molecule has 2 nitrogen and oxygen atoms in total. The Bertz CT molecular complexity index is 526. The Morgan fingerprint density at radius 2 is 1.84 bits per heavy atom. The van der Waals surface area contributed by atoms with Gasteiger partial charge >= 0.3 is 0 Å². The van der Waals surface area contributed by atoms with Crippen molar-refractivity contribution in [3.63, 3.8) is 0 Å². The fourth-order valence-corrected chi connectivity index (χ4v) is 1.99. The van der Waals surface area contributed by atoms with Crippen molar-refractivity contribution in [2.45, 2.75) is 13.5 Å². The third-order valence-corrected chi connectivity index (χ3v) is 3.10. The third kappa shape index (κ3) is 3.32. The van der Waals surface area contributed by atoms with Crippen LogP contribution < -0.4 is 10.2 Å². The second kappa shape index (κ2) is 6.34. The van der Waals surface area contributed by atoms with Gasteiger partial charge in [0.2, 0.25) is 0 Å². The SMILES string of the molecule is CCNCc1ccc(N(C)c2ccccc2)c(F)c1. The van der Waals surface area contributed by atoms with Gasteiger partial charge in [-0.25, -0.2) is 4.39 Å². The molecule has 1 N–H and O–H groups in total. The molecule has 0 fully saturated rings. The fraction of sp³-hybridized carbons (Fsp3) is 0.250. The maximum absolute atomic E-state index is 14.1. The van der Waals surface area contributed by atoms with Crippen molar-refractivity contribution in [3.05, 3.63) is 59.9 Å². The highest BCUT2D eigenvalue weighted by Crippen LogP contribution is 2.26. The third-order valence-electron chi connectivity index (χ3n) is 3.10. The second-order valence-electron chi connectivity index (χ2n) is 4.46. The lowest BCUT2D eigenvalue weighted by Gasteiger charge is -2.20. The number of anilines is 2. The maximum atomic E-state index is 14.1. The summed E-state index contributed by atoms with van der Waals surface area (Å²) in [5, 5.41) is 3.19. The summed E-state index contributed by atoms with van der Waals surface area (Å²) < 4.78 is 14.1. The van der Waals surface area contributed by atoms with Crippen LogP contribution in [0.25, 0.3) is 0 Å². The van der Waals surface area contributed by atoms with Crippen LogP contribution in [0, 0.1) is 5.82 Å². The molecule has 0 amide bonds. The van der Waals surface area contributed by atoms with E-state index in [-0.39, 0.29) is 5.82 Å². The number of hydrogen-bond donors (Lipinski definition) is 1. The average Bonchev–Trinajstić information content (AvgIpc) is 2.45. The number of nitrogens with one attached hydrogen (secondary N) is 1. The normalized spacial score (nSPS) is 10.5. The standard InChI is InChI=1S/C16H19FN2/c1-3-18-12-13-9-10-16(15(17)11-13)19(2)14-7-5-4-6-8-14/h4-11,18H,3,12H2,1-2H3. The van der Waals surface area contributed by atoms with E-state index in [4.69, 9.17) is 0 Å². The van der Waals surface area contributed by atoms with Gasteiger partial charge in [-0.1, -0.05) is 31.2 Å². The van der Waals surface area contributed by atoms with Crippen molar-refractivity contribution >= 4 is 11.4 Å². The molecule has 0 aliphatic carbocycles. The number of halogens is 1. The van der Waals surface area contributed by atoms with Gasteiger partial charge in [0.25, 0.3) is 0 Å². The molecule has 0 saturated heterocycles. The number of nitrogens with zero attached hydrogens (tertiary/aromatic N) is 1. The molecule has 0 aliphatic heterocycles. The topological polar surface area (TPSA) is 15.3 Å². The molecule has 0 atom stereocenters. The van der Waals surface area contributed by atoms with E-state index in [1.807, 2.05) is 61.3 Å². The Hall–Kier alpha value is -1.87. The summed E-state index contributed by atoms with van der Waals surface area (Å²) in [5.74, 6) is -0.193. The monoisotopic (exact) mass is 258 g/mol. The number of benzene rings is 2. The van der Waals surface area contributed by atoms with Gasteiger partial charge in [-0.15, -0.1) is 0 Å². The van der Waals surface area contributed by atoms with Crippen molar-refractivity contribution in [1.29, 1.82) is 0 Å². The molecular formula is C16H19FN2. The predicted molar refractivity (Wildman–Crippen MR) is 78.3 cm³/mol. The summed E-state index contributed by atoms with van der Waals surface area (Å²) in [5.41, 5.74) is 2.52. The molecule has 2 aromatic rings. The van der Waals surface area contributed by atoms with Gasteiger partial charge < -0.3 is 10.2 Å². The number of rotatable bonds is 5. The molecule has 2 rings (SSSR count). The van der Waals surface area contributed by atoms with Crippen molar-refractivity contribution in [1.82, 2.24) is 5.32 Å². The Kier molecular flexibility index (Phi) is 4.53. The largest absolute Gasteiger partial charge is 0.342 e. The quantitative estimate of drug-likeness (QED) is 0.879. The molecule has 19 heavy (non-hydrogen) atoms. The van der Waals surface area contributed by atoms with Crippen LogP contribution in [0.4, 0.5) is 15.8 Å². The van der Waals surface area contributed by atoms with Gasteiger partial charge in [0.05, 0.1) is 5.69 Å². The molecule has 0 heterocycles. The molecule has 2 aromatic carbocycles. The van der Waals surface area contributed by atoms with E-state index in [0.717, 1.165) is 17.8 Å². The minimum absolute atomic E-state index is 0.193. The van der Waals surface area contributed by atoms with Crippen molar-refractivity contribution < 1.29 is 4.39 Å². The summed E-state index contributed by atoms with van der Waals surface area (Å²) >= 11 is 0. The van der Waals surface area contributed by atoms with Crippen molar-refractivity contribution in [2.75, 3.05) is 18.5 Å². The summed E-state index contributed by atoms with van der Waals surface area (Å²) in [7, 11) is 1.87. The van der Waals surface area contributed by atoms with Gasteiger partial charge in [0, 0.05) is 19.3 Å². The fourth-order valence-electron chi connectivity index (χ4n) is 1.99. The van der Waals surface area contributed by atoms with Gasteiger partial charge in [-0.3, -0.25) is 0 Å². The molecule has 0 aromatic heterocycles. The highest BCUT2D eigenvalue weighted by atomic mass is 19.1. The first-order chi connectivity index (χ1) is 9.22. The minimum Gasteiger partial charge on any atom is -0.342 e. The minimum atomic E-state index is -0.193. The molecule has 0 radical (unpaired) electrons. The van der Waals surface area contributed by atoms with Crippen LogP contribution >= 0.6 is 0 Å². The molecule has 0 spiro atoms. The molecule has 0 unspecified atom stereocenters. The molecular weight excluding hydrogens is 239 g/mol. The first-order valence-electron chi connectivity index (χ1n) is 6.50. The zero-order valence-electron chi connectivity index (χ0n) is 11.4. The highest BCUT2D eigenvalue weighted by molar-refractivity contribution is 5.63. The van der Waals surface area contributed by atoms with E-state index in [1.54, 1.807) is 6.07 Å². The zero-order valence-corrected chi connectivity index (χ0v) is 11.4. The lowest BCUT2D eigenvalue weighted by atomic mass is 10.1. The first-order valence-corrected chi connectivity index (χ1v) is 6.50. The average molecular weight is 258 g/mol. The van der Waals surface area contributed by atoms with E-state index in [1.165, 1.54) is 0 Å². The van der Waals surface area contributed by atoms with Crippen LogP contribution in [-0.4, -0.2) is 13.6 Å². The highest BCUT2D eigenvalue weighted by Gasteiger charge is 2.09. The van der Waals surface area contributed by atoms with Crippen LogP contribution in [-0.2, 0) is 6.54 Å². The summed E-state index contributed by atoms with van der Waals surface area (Å²) in [4.78, 5) is 1.85. The van der Waals surface area contributed by atoms with E-state index in [0.29, 0.717) is 12.2 Å². The van der Waals surface area contributed by atoms with E-state index < -0.39 is 0 Å². The molecule has 0 bridgehead atoms. The predicted octanol–water partition coefficient (Wildman–Crippen LogP) is 3.70. The van der Waals surface area contributed by atoms with E-state index in [9.17, 15) is 4.39 Å². The Balaban J connectivity index is 2.21. The van der Waals surface area contributed by atoms with Crippen LogP contribution in [0.1, 0.15) is 12.5 Å². The van der Waals surface area contributed by atoms with E-state index in [2.05, 4.69) is 5.32 Å². The van der Waals surface area contributed by atoms with Crippen LogP contribution in [0.2, 0.25) is 0 Å². The Morgan fingerprint density at radius 1 is 1.11 bits per heavy atom. The van der Waals surface area contributed by atoms with Crippen molar-refractivity contribution in [2.24, 2.45) is 0 Å². The van der Waals surface area contributed by atoms with Crippen LogP contribution in [0.3, 0.4) is 0 Å². The first kappa shape index (κ1) is 13.6. The molecule has 100 valence electrons. The lowest BCUT2D eigenvalue weighted by molar-refractivity contribution is 0.622. The van der Waals surface area contributed by atoms with Crippen LogP contribution in [0.5, 0.6) is 0 Å². The van der Waals surface area contributed by atoms with Gasteiger partial charge in [0.1, 0.15) is 5.82 Å².